The second-order valence-corrected chi connectivity index (χ2v) is 3.58. The number of benzene rings is 1. The van der Waals surface area contributed by atoms with Gasteiger partial charge in [0.1, 0.15) is 0 Å². The molecule has 3 nitrogen and oxygen atoms in total. The number of hydrogen-bond donors (Lipinski definition) is 0. The van der Waals surface area contributed by atoms with Gasteiger partial charge >= 0.3 is 0 Å². The van der Waals surface area contributed by atoms with Crippen LogP contribution in [0.1, 0.15) is 12.5 Å². The molecule has 1 rings (SSSR count). The molecule has 0 saturated carbocycles. The van der Waals surface area contributed by atoms with E-state index in [0.717, 1.165) is 0 Å². The third-order valence-electron chi connectivity index (χ3n) is 2.58. The SMILES string of the molecule is C=CC(C)(C(=O)C(=O)C=O)c1ccccc1. The van der Waals surface area contributed by atoms with Crippen LogP contribution in [-0.2, 0) is 19.8 Å². The van der Waals surface area contributed by atoms with Gasteiger partial charge in [-0.3, -0.25) is 14.4 Å². The molecule has 1 aromatic carbocycles. The molecule has 0 radical (unpaired) electrons. The van der Waals surface area contributed by atoms with E-state index in [1.54, 1.807) is 37.3 Å². The van der Waals surface area contributed by atoms with Crippen molar-refractivity contribution >= 4 is 17.9 Å². The van der Waals surface area contributed by atoms with Gasteiger partial charge in [-0.05, 0) is 12.5 Å². The molecule has 0 fully saturated rings. The number of aldehydes is 1. The van der Waals surface area contributed by atoms with Crippen molar-refractivity contribution < 1.29 is 14.4 Å². The number of Topliss-reactive ketones (excluding diaryl/α,β-unsaturated/α-hetero) is 2. The van der Waals surface area contributed by atoms with E-state index in [0.29, 0.717) is 5.56 Å². The summed E-state index contributed by atoms with van der Waals surface area (Å²) in [7, 11) is 0. The number of carbonyl (C=O) groups is 3. The Kier molecular flexibility index (Phi) is 3.51. The van der Waals surface area contributed by atoms with Crippen LogP contribution in [0.25, 0.3) is 0 Å². The minimum Gasteiger partial charge on any atom is -0.294 e. The van der Waals surface area contributed by atoms with Gasteiger partial charge in [0.15, 0.2) is 6.29 Å². The summed E-state index contributed by atoms with van der Waals surface area (Å²) in [4.78, 5) is 33.2. The Morgan fingerprint density at radius 3 is 2.25 bits per heavy atom. The quantitative estimate of drug-likeness (QED) is 0.324. The predicted octanol–water partition coefficient (Wildman–Crippen LogP) is 1.47. The molecule has 0 bridgehead atoms. The van der Waals surface area contributed by atoms with E-state index >= 15 is 0 Å². The molecular weight excluding hydrogens is 204 g/mol. The minimum atomic E-state index is -1.14. The first kappa shape index (κ1) is 12.0. The van der Waals surface area contributed by atoms with Crippen molar-refractivity contribution in [3.8, 4) is 0 Å². The summed E-state index contributed by atoms with van der Waals surface area (Å²) in [6, 6.07) is 8.76. The fourth-order valence-corrected chi connectivity index (χ4v) is 1.44. The molecule has 1 unspecified atom stereocenters. The van der Waals surface area contributed by atoms with Gasteiger partial charge in [-0.25, -0.2) is 0 Å². The molecule has 82 valence electrons. The fourth-order valence-electron chi connectivity index (χ4n) is 1.44. The van der Waals surface area contributed by atoms with Gasteiger partial charge in [0.2, 0.25) is 5.78 Å². The molecule has 0 spiro atoms. The monoisotopic (exact) mass is 216 g/mol. The van der Waals surface area contributed by atoms with Crippen molar-refractivity contribution in [1.29, 1.82) is 0 Å². The van der Waals surface area contributed by atoms with Crippen molar-refractivity contribution in [3.63, 3.8) is 0 Å². The van der Waals surface area contributed by atoms with Crippen molar-refractivity contribution in [2.75, 3.05) is 0 Å². The lowest BCUT2D eigenvalue weighted by molar-refractivity contribution is -0.141. The van der Waals surface area contributed by atoms with E-state index in [-0.39, 0.29) is 6.29 Å². The lowest BCUT2D eigenvalue weighted by atomic mass is 9.77. The number of rotatable bonds is 5. The van der Waals surface area contributed by atoms with Gasteiger partial charge in [-0.1, -0.05) is 36.4 Å². The van der Waals surface area contributed by atoms with Crippen molar-refractivity contribution in [2.45, 2.75) is 12.3 Å². The molecule has 0 aliphatic rings. The molecule has 0 amide bonds. The number of allylic oxidation sites excluding steroid dienone is 1. The average molecular weight is 216 g/mol. The summed E-state index contributed by atoms with van der Waals surface area (Å²) in [5.74, 6) is -1.80. The highest BCUT2D eigenvalue weighted by molar-refractivity contribution is 6.59. The third kappa shape index (κ3) is 1.98. The summed E-state index contributed by atoms with van der Waals surface area (Å²) < 4.78 is 0. The van der Waals surface area contributed by atoms with Crippen molar-refractivity contribution in [1.82, 2.24) is 0 Å². The minimum absolute atomic E-state index is 0.0347. The smallest absolute Gasteiger partial charge is 0.262 e. The van der Waals surface area contributed by atoms with Gasteiger partial charge in [-0.15, -0.1) is 6.58 Å². The van der Waals surface area contributed by atoms with E-state index in [4.69, 9.17) is 0 Å². The third-order valence-corrected chi connectivity index (χ3v) is 2.58. The Hall–Kier alpha value is -2.03. The van der Waals surface area contributed by atoms with Gasteiger partial charge in [-0.2, -0.15) is 0 Å². The summed E-state index contributed by atoms with van der Waals surface area (Å²) in [6.07, 6.45) is 1.42. The first-order valence-electron chi connectivity index (χ1n) is 4.79. The van der Waals surface area contributed by atoms with Crippen LogP contribution in [0, 0.1) is 0 Å². The van der Waals surface area contributed by atoms with Crippen LogP contribution >= 0.6 is 0 Å². The molecule has 0 aliphatic carbocycles. The summed E-state index contributed by atoms with van der Waals surface area (Å²) in [5, 5.41) is 0. The first-order valence-corrected chi connectivity index (χ1v) is 4.79. The van der Waals surface area contributed by atoms with Crippen molar-refractivity contribution in [3.05, 3.63) is 48.6 Å². The molecule has 0 heterocycles. The van der Waals surface area contributed by atoms with E-state index in [1.807, 2.05) is 0 Å². The molecule has 0 aliphatic heterocycles. The summed E-state index contributed by atoms with van der Waals surface area (Å²) >= 11 is 0. The molecule has 1 atom stereocenters. The van der Waals surface area contributed by atoms with Crippen LogP contribution in [0.3, 0.4) is 0 Å². The van der Waals surface area contributed by atoms with Gasteiger partial charge < -0.3 is 0 Å². The molecule has 0 saturated heterocycles. The maximum atomic E-state index is 11.8. The highest BCUT2D eigenvalue weighted by atomic mass is 16.2. The van der Waals surface area contributed by atoms with Gasteiger partial charge in [0.05, 0.1) is 5.41 Å². The van der Waals surface area contributed by atoms with Gasteiger partial charge in [0.25, 0.3) is 5.78 Å². The zero-order valence-electron chi connectivity index (χ0n) is 8.97. The maximum Gasteiger partial charge on any atom is 0.262 e. The Balaban J connectivity index is 3.23. The molecule has 0 N–H and O–H groups in total. The standard InChI is InChI=1S/C13H12O3/c1-3-13(2,12(16)11(15)9-14)10-7-5-4-6-8-10/h3-9H,1H2,2H3. The van der Waals surface area contributed by atoms with Crippen LogP contribution < -0.4 is 0 Å². The van der Waals surface area contributed by atoms with Gasteiger partial charge in [0, 0.05) is 0 Å². The topological polar surface area (TPSA) is 51.2 Å². The summed E-state index contributed by atoms with van der Waals surface area (Å²) in [6.45, 7) is 5.13. The molecule has 0 aromatic heterocycles. The normalized spacial score (nSPS) is 13.6. The average Bonchev–Trinajstić information content (AvgIpc) is 2.37. The van der Waals surface area contributed by atoms with Crippen molar-refractivity contribution in [2.24, 2.45) is 0 Å². The van der Waals surface area contributed by atoms with Crippen LogP contribution in [0.2, 0.25) is 0 Å². The zero-order chi connectivity index (χ0) is 12.2. The zero-order valence-corrected chi connectivity index (χ0v) is 8.97. The Bertz CT molecular complexity index is 434. The highest BCUT2D eigenvalue weighted by Gasteiger charge is 2.35. The number of ketones is 2. The lowest BCUT2D eigenvalue weighted by Gasteiger charge is -2.22. The van der Waals surface area contributed by atoms with E-state index in [1.165, 1.54) is 6.08 Å². The molecule has 3 heteroatoms. The maximum absolute atomic E-state index is 11.8. The number of hydrogen-bond acceptors (Lipinski definition) is 3. The molecule has 1 aromatic rings. The van der Waals surface area contributed by atoms with Crippen LogP contribution in [0.15, 0.2) is 43.0 Å². The molecular formula is C13H12O3. The second kappa shape index (κ2) is 4.66. The van der Waals surface area contributed by atoms with E-state index in [2.05, 4.69) is 6.58 Å². The van der Waals surface area contributed by atoms with E-state index < -0.39 is 17.0 Å². The van der Waals surface area contributed by atoms with Crippen LogP contribution in [0.4, 0.5) is 0 Å². The van der Waals surface area contributed by atoms with E-state index in [9.17, 15) is 14.4 Å². The summed E-state index contributed by atoms with van der Waals surface area (Å²) in [5.41, 5.74) is -0.496. The predicted molar refractivity (Wildman–Crippen MR) is 60.1 cm³/mol. The second-order valence-electron chi connectivity index (χ2n) is 3.58. The van der Waals surface area contributed by atoms with Crippen LogP contribution in [-0.4, -0.2) is 17.9 Å². The Morgan fingerprint density at radius 1 is 1.25 bits per heavy atom. The fraction of sp³-hybridized carbons (Fsp3) is 0.154. The Labute approximate surface area is 93.8 Å². The first-order chi connectivity index (χ1) is 7.56. The lowest BCUT2D eigenvalue weighted by Crippen LogP contribution is -2.36. The Morgan fingerprint density at radius 2 is 1.81 bits per heavy atom. The molecule has 16 heavy (non-hydrogen) atoms. The van der Waals surface area contributed by atoms with Crippen LogP contribution in [0.5, 0.6) is 0 Å². The highest BCUT2D eigenvalue weighted by Crippen LogP contribution is 2.26. The largest absolute Gasteiger partial charge is 0.294 e. The number of carbonyl (C=O) groups excluding carboxylic acids is 3.